The fraction of sp³-hybridized carbons (Fsp3) is 1.00. The molecule has 0 fully saturated rings. The van der Waals surface area contributed by atoms with Crippen LogP contribution in [-0.4, -0.2) is 36.5 Å². The van der Waals surface area contributed by atoms with Crippen LogP contribution >= 0.6 is 11.8 Å². The van der Waals surface area contributed by atoms with E-state index in [2.05, 4.69) is 25.0 Å². The van der Waals surface area contributed by atoms with Crippen molar-refractivity contribution in [3.8, 4) is 0 Å². The quantitative estimate of drug-likeness (QED) is 0.585. The van der Waals surface area contributed by atoms with Gasteiger partial charge in [0.1, 0.15) is 0 Å². The molecule has 0 radical (unpaired) electrons. The van der Waals surface area contributed by atoms with Gasteiger partial charge in [-0.15, -0.1) is 0 Å². The number of rotatable bonds is 7. The Morgan fingerprint density at radius 1 is 1.18 bits per heavy atom. The number of nitrogens with zero attached hydrogens (tertiary/aromatic N) is 1. The maximum absolute atomic E-state index is 2.53. The second-order valence-electron chi connectivity index (χ2n) is 2.78. The molecule has 2 heteroatoms. The third-order valence-electron chi connectivity index (χ3n) is 1.89. The van der Waals surface area contributed by atoms with Crippen LogP contribution < -0.4 is 0 Å². The summed E-state index contributed by atoms with van der Waals surface area (Å²) in [6, 6.07) is 0. The Labute approximate surface area is 75.5 Å². The van der Waals surface area contributed by atoms with Crippen molar-refractivity contribution in [1.82, 2.24) is 4.90 Å². The third-order valence-corrected chi connectivity index (χ3v) is 2.48. The molecule has 0 rings (SSSR count). The average molecular weight is 175 g/mol. The number of thioether (sulfide) groups is 1. The first kappa shape index (κ1) is 11.3. The Morgan fingerprint density at radius 3 is 2.36 bits per heavy atom. The van der Waals surface area contributed by atoms with E-state index < -0.39 is 0 Å². The minimum atomic E-state index is 1.21. The van der Waals surface area contributed by atoms with Crippen molar-refractivity contribution in [2.24, 2.45) is 0 Å². The Kier molecular flexibility index (Phi) is 8.64. The van der Waals surface area contributed by atoms with Crippen LogP contribution in [0.25, 0.3) is 0 Å². The summed E-state index contributed by atoms with van der Waals surface area (Å²) in [5, 5.41) is 0. The summed E-state index contributed by atoms with van der Waals surface area (Å²) in [6.07, 6.45) is 4.84. The zero-order chi connectivity index (χ0) is 8.53. The second kappa shape index (κ2) is 8.41. The monoisotopic (exact) mass is 175 g/mol. The van der Waals surface area contributed by atoms with Crippen LogP contribution in [0.5, 0.6) is 0 Å². The summed E-state index contributed by atoms with van der Waals surface area (Å²) in [6.45, 7) is 8.25. The number of hydrogen-bond acceptors (Lipinski definition) is 2. The van der Waals surface area contributed by atoms with E-state index in [1.165, 1.54) is 38.2 Å². The van der Waals surface area contributed by atoms with E-state index in [1.54, 1.807) is 0 Å². The molecule has 68 valence electrons. The lowest BCUT2D eigenvalue weighted by Gasteiger charge is -2.18. The molecule has 0 heterocycles. The van der Waals surface area contributed by atoms with Crippen molar-refractivity contribution in [1.29, 1.82) is 0 Å². The topological polar surface area (TPSA) is 3.24 Å². The molecule has 0 atom stereocenters. The highest BCUT2D eigenvalue weighted by Crippen LogP contribution is 1.98. The van der Waals surface area contributed by atoms with Crippen LogP contribution in [-0.2, 0) is 0 Å². The van der Waals surface area contributed by atoms with E-state index in [0.717, 1.165) is 0 Å². The minimum absolute atomic E-state index is 1.21. The van der Waals surface area contributed by atoms with Crippen molar-refractivity contribution in [3.05, 3.63) is 0 Å². The third kappa shape index (κ3) is 6.70. The van der Waals surface area contributed by atoms with Gasteiger partial charge in [-0.3, -0.25) is 0 Å². The number of unbranched alkanes of at least 4 members (excludes halogenated alkanes) is 1. The Morgan fingerprint density at radius 2 is 1.91 bits per heavy atom. The van der Waals surface area contributed by atoms with Crippen molar-refractivity contribution in [2.75, 3.05) is 31.6 Å². The van der Waals surface area contributed by atoms with Gasteiger partial charge >= 0.3 is 0 Å². The van der Waals surface area contributed by atoms with Crippen molar-refractivity contribution >= 4 is 11.8 Å². The Bertz CT molecular complexity index is 68.0. The first-order valence-electron chi connectivity index (χ1n) is 4.56. The molecule has 0 saturated heterocycles. The van der Waals surface area contributed by atoms with Crippen molar-refractivity contribution in [3.63, 3.8) is 0 Å². The van der Waals surface area contributed by atoms with Gasteiger partial charge in [0.15, 0.2) is 0 Å². The van der Waals surface area contributed by atoms with Gasteiger partial charge in [0, 0.05) is 12.3 Å². The predicted molar refractivity (Wildman–Crippen MR) is 55.4 cm³/mol. The lowest BCUT2D eigenvalue weighted by atomic mass is 10.3. The molecule has 11 heavy (non-hydrogen) atoms. The summed E-state index contributed by atoms with van der Waals surface area (Å²) < 4.78 is 0. The average Bonchev–Trinajstić information content (AvgIpc) is 2.05. The molecule has 0 amide bonds. The number of hydrogen-bond donors (Lipinski definition) is 0. The highest BCUT2D eigenvalue weighted by atomic mass is 32.2. The van der Waals surface area contributed by atoms with Crippen LogP contribution in [0.1, 0.15) is 26.7 Å². The highest BCUT2D eigenvalue weighted by molar-refractivity contribution is 7.98. The molecule has 0 aromatic heterocycles. The van der Waals surface area contributed by atoms with Crippen LogP contribution in [0.15, 0.2) is 0 Å². The van der Waals surface area contributed by atoms with Crippen molar-refractivity contribution < 1.29 is 0 Å². The van der Waals surface area contributed by atoms with Gasteiger partial charge in [-0.05, 0) is 25.8 Å². The highest BCUT2D eigenvalue weighted by Gasteiger charge is 1.98. The van der Waals surface area contributed by atoms with E-state index in [1.807, 2.05) is 11.8 Å². The molecule has 0 aromatic carbocycles. The summed E-state index contributed by atoms with van der Waals surface area (Å²) in [7, 11) is 0. The zero-order valence-corrected chi connectivity index (χ0v) is 8.91. The molecule has 0 saturated carbocycles. The van der Waals surface area contributed by atoms with Crippen molar-refractivity contribution in [2.45, 2.75) is 26.7 Å². The first-order valence-corrected chi connectivity index (χ1v) is 5.95. The maximum atomic E-state index is 2.53. The molecule has 0 aliphatic carbocycles. The molecule has 0 unspecified atom stereocenters. The molecule has 0 aliphatic heterocycles. The summed E-state index contributed by atoms with van der Waals surface area (Å²) in [4.78, 5) is 2.53. The molecule has 0 aliphatic rings. The first-order chi connectivity index (χ1) is 5.35. The van der Waals surface area contributed by atoms with E-state index in [9.17, 15) is 0 Å². The molecule has 1 nitrogen and oxygen atoms in total. The molecular weight excluding hydrogens is 154 g/mol. The van der Waals surface area contributed by atoms with Crippen LogP contribution in [0.3, 0.4) is 0 Å². The summed E-state index contributed by atoms with van der Waals surface area (Å²) in [5.41, 5.74) is 0. The smallest absolute Gasteiger partial charge is 0.00721 e. The SMILES string of the molecule is CCCCN(CC)CCSC. The normalized spacial score (nSPS) is 10.9. The largest absolute Gasteiger partial charge is 0.303 e. The molecule has 0 aromatic rings. The summed E-state index contributed by atoms with van der Waals surface area (Å²) in [5.74, 6) is 1.28. The molecule has 0 spiro atoms. The molecule has 0 N–H and O–H groups in total. The van der Waals surface area contributed by atoms with Crippen LogP contribution in [0.4, 0.5) is 0 Å². The van der Waals surface area contributed by atoms with E-state index in [0.29, 0.717) is 0 Å². The lowest BCUT2D eigenvalue weighted by molar-refractivity contribution is 0.301. The van der Waals surface area contributed by atoms with E-state index >= 15 is 0 Å². The van der Waals surface area contributed by atoms with Gasteiger partial charge in [-0.2, -0.15) is 11.8 Å². The van der Waals surface area contributed by atoms with Crippen LogP contribution in [0.2, 0.25) is 0 Å². The van der Waals surface area contributed by atoms with Gasteiger partial charge in [-0.25, -0.2) is 0 Å². The summed E-state index contributed by atoms with van der Waals surface area (Å²) >= 11 is 1.94. The Hall–Kier alpha value is 0.310. The zero-order valence-electron chi connectivity index (χ0n) is 8.10. The molecular formula is C9H21NS. The van der Waals surface area contributed by atoms with Gasteiger partial charge in [0.2, 0.25) is 0 Å². The standard InChI is InChI=1S/C9H21NS/c1-4-6-7-10(5-2)8-9-11-3/h4-9H2,1-3H3. The lowest BCUT2D eigenvalue weighted by Crippen LogP contribution is -2.26. The van der Waals surface area contributed by atoms with Gasteiger partial charge in [0.05, 0.1) is 0 Å². The second-order valence-corrected chi connectivity index (χ2v) is 3.77. The molecule has 0 bridgehead atoms. The maximum Gasteiger partial charge on any atom is 0.00721 e. The minimum Gasteiger partial charge on any atom is -0.303 e. The fourth-order valence-electron chi connectivity index (χ4n) is 1.03. The van der Waals surface area contributed by atoms with Crippen LogP contribution in [0, 0.1) is 0 Å². The van der Waals surface area contributed by atoms with E-state index in [4.69, 9.17) is 0 Å². The fourth-order valence-corrected chi connectivity index (χ4v) is 1.47. The van der Waals surface area contributed by atoms with Gasteiger partial charge in [0.25, 0.3) is 0 Å². The predicted octanol–water partition coefficient (Wildman–Crippen LogP) is 2.47. The van der Waals surface area contributed by atoms with Gasteiger partial charge < -0.3 is 4.90 Å². The van der Waals surface area contributed by atoms with Gasteiger partial charge in [-0.1, -0.05) is 20.3 Å². The Balaban J connectivity index is 3.25. The van der Waals surface area contributed by atoms with E-state index in [-0.39, 0.29) is 0 Å².